The SMILES string of the molecule is Cc1cc(C)cc(N2C(=O)CSC[C@@]2(C(=O)NC2CCCCC2)c2ccc(Cl)cc2)c1. The van der Waals surface area contributed by atoms with Crippen molar-refractivity contribution in [2.45, 2.75) is 57.5 Å². The van der Waals surface area contributed by atoms with Crippen LogP contribution in [0.2, 0.25) is 5.02 Å². The minimum Gasteiger partial charge on any atom is -0.351 e. The number of nitrogens with one attached hydrogen (secondary N) is 1. The molecule has 1 aliphatic heterocycles. The van der Waals surface area contributed by atoms with Crippen LogP contribution in [0.25, 0.3) is 0 Å². The quantitative estimate of drug-likeness (QED) is 0.671. The molecule has 1 saturated heterocycles. The van der Waals surface area contributed by atoms with E-state index in [9.17, 15) is 9.59 Å². The maximum Gasteiger partial charge on any atom is 0.252 e. The Morgan fingerprint density at radius 2 is 1.71 bits per heavy atom. The van der Waals surface area contributed by atoms with Crippen LogP contribution < -0.4 is 10.2 Å². The molecule has 164 valence electrons. The van der Waals surface area contributed by atoms with Gasteiger partial charge in [0.2, 0.25) is 5.91 Å². The molecule has 0 radical (unpaired) electrons. The monoisotopic (exact) mass is 456 g/mol. The number of halogens is 1. The highest BCUT2D eigenvalue weighted by molar-refractivity contribution is 8.00. The van der Waals surface area contributed by atoms with Crippen molar-refractivity contribution in [2.75, 3.05) is 16.4 Å². The molecule has 6 heteroatoms. The summed E-state index contributed by atoms with van der Waals surface area (Å²) in [6, 6.07) is 13.6. The predicted octanol–water partition coefficient (Wildman–Crippen LogP) is 5.38. The highest BCUT2D eigenvalue weighted by Crippen LogP contribution is 2.41. The van der Waals surface area contributed by atoms with Crippen LogP contribution in [0.1, 0.15) is 48.8 Å². The summed E-state index contributed by atoms with van der Waals surface area (Å²) in [4.78, 5) is 29.1. The molecule has 1 N–H and O–H groups in total. The average molecular weight is 457 g/mol. The lowest BCUT2D eigenvalue weighted by Crippen LogP contribution is -2.64. The fourth-order valence-electron chi connectivity index (χ4n) is 4.86. The van der Waals surface area contributed by atoms with E-state index in [4.69, 9.17) is 11.6 Å². The van der Waals surface area contributed by atoms with Gasteiger partial charge in [-0.1, -0.05) is 49.1 Å². The van der Waals surface area contributed by atoms with E-state index in [1.54, 1.807) is 17.0 Å². The lowest BCUT2D eigenvalue weighted by atomic mass is 9.86. The van der Waals surface area contributed by atoms with Crippen molar-refractivity contribution in [2.24, 2.45) is 0 Å². The summed E-state index contributed by atoms with van der Waals surface area (Å²) in [5.74, 6) is 0.724. The molecule has 0 spiro atoms. The first-order chi connectivity index (χ1) is 14.9. The summed E-state index contributed by atoms with van der Waals surface area (Å²) in [5.41, 5.74) is 2.60. The molecule has 1 heterocycles. The number of carbonyl (C=O) groups is 2. The summed E-state index contributed by atoms with van der Waals surface area (Å²) < 4.78 is 0. The normalized spacial score (nSPS) is 22.4. The Morgan fingerprint density at radius 1 is 1.06 bits per heavy atom. The van der Waals surface area contributed by atoms with E-state index in [0.717, 1.165) is 48.1 Å². The van der Waals surface area contributed by atoms with Gasteiger partial charge >= 0.3 is 0 Å². The molecule has 2 aromatic rings. The second-order valence-electron chi connectivity index (χ2n) is 8.74. The molecule has 4 nitrogen and oxygen atoms in total. The van der Waals surface area contributed by atoms with Gasteiger partial charge in [-0.3, -0.25) is 14.5 Å². The molecule has 4 rings (SSSR count). The maximum absolute atomic E-state index is 14.0. The van der Waals surface area contributed by atoms with Crippen molar-refractivity contribution < 1.29 is 9.59 Å². The summed E-state index contributed by atoms with van der Waals surface area (Å²) >= 11 is 7.69. The van der Waals surface area contributed by atoms with Crippen LogP contribution >= 0.6 is 23.4 Å². The third-order valence-electron chi connectivity index (χ3n) is 6.27. The minimum absolute atomic E-state index is 0.0463. The summed E-state index contributed by atoms with van der Waals surface area (Å²) in [7, 11) is 0. The standard InChI is InChI=1S/C25H29ClN2O2S/c1-17-12-18(2)14-22(13-17)28-23(29)15-31-16-25(28,19-8-10-20(26)11-9-19)24(30)27-21-6-4-3-5-7-21/h8-14,21H,3-7,15-16H2,1-2H3,(H,27,30)/t25-/m0/s1. The zero-order valence-electron chi connectivity index (χ0n) is 18.1. The van der Waals surface area contributed by atoms with Crippen LogP contribution in [0.4, 0.5) is 5.69 Å². The molecule has 31 heavy (non-hydrogen) atoms. The molecule has 2 fully saturated rings. The molecular formula is C25H29ClN2O2S. The Balaban J connectivity index is 1.84. The van der Waals surface area contributed by atoms with Crippen LogP contribution in [0.5, 0.6) is 0 Å². The Morgan fingerprint density at radius 3 is 2.35 bits per heavy atom. The number of amides is 2. The summed E-state index contributed by atoms with van der Waals surface area (Å²) in [6.45, 7) is 4.04. The van der Waals surface area contributed by atoms with E-state index < -0.39 is 5.54 Å². The van der Waals surface area contributed by atoms with Crippen LogP contribution in [-0.2, 0) is 15.1 Å². The van der Waals surface area contributed by atoms with E-state index >= 15 is 0 Å². The number of nitrogens with zero attached hydrogens (tertiary/aromatic N) is 1. The number of anilines is 1. The van der Waals surface area contributed by atoms with Crippen molar-refractivity contribution in [3.05, 3.63) is 64.2 Å². The third kappa shape index (κ3) is 4.49. The number of hydrogen-bond acceptors (Lipinski definition) is 3. The second kappa shape index (κ2) is 9.25. The van der Waals surface area contributed by atoms with Gasteiger partial charge in [-0.25, -0.2) is 0 Å². The van der Waals surface area contributed by atoms with Crippen molar-refractivity contribution in [3.63, 3.8) is 0 Å². The smallest absolute Gasteiger partial charge is 0.252 e. The summed E-state index contributed by atoms with van der Waals surface area (Å²) in [5, 5.41) is 3.92. The second-order valence-corrected chi connectivity index (χ2v) is 10.2. The zero-order valence-corrected chi connectivity index (χ0v) is 19.7. The van der Waals surface area contributed by atoms with Gasteiger partial charge in [0.25, 0.3) is 5.91 Å². The fourth-order valence-corrected chi connectivity index (χ4v) is 6.11. The molecule has 0 bridgehead atoms. The lowest BCUT2D eigenvalue weighted by Gasteiger charge is -2.46. The van der Waals surface area contributed by atoms with Crippen LogP contribution in [-0.4, -0.2) is 29.4 Å². The molecular weight excluding hydrogens is 428 g/mol. The zero-order chi connectivity index (χ0) is 22.0. The predicted molar refractivity (Wildman–Crippen MR) is 129 cm³/mol. The third-order valence-corrected chi connectivity index (χ3v) is 7.60. The first kappa shape index (κ1) is 22.2. The summed E-state index contributed by atoms with van der Waals surface area (Å²) in [6.07, 6.45) is 5.47. The van der Waals surface area contributed by atoms with Gasteiger partial charge in [-0.15, -0.1) is 11.8 Å². The van der Waals surface area contributed by atoms with Gasteiger partial charge in [-0.2, -0.15) is 0 Å². The van der Waals surface area contributed by atoms with Gasteiger partial charge in [0.05, 0.1) is 5.75 Å². The van der Waals surface area contributed by atoms with E-state index in [1.165, 1.54) is 18.2 Å². The number of aryl methyl sites for hydroxylation is 2. The van der Waals surface area contributed by atoms with E-state index in [1.807, 2.05) is 38.1 Å². The van der Waals surface area contributed by atoms with Crippen LogP contribution in [0.3, 0.4) is 0 Å². The topological polar surface area (TPSA) is 49.4 Å². The number of hydrogen-bond donors (Lipinski definition) is 1. The Hall–Kier alpha value is -1.98. The van der Waals surface area contributed by atoms with E-state index in [2.05, 4.69) is 11.4 Å². The maximum atomic E-state index is 14.0. The van der Waals surface area contributed by atoms with Crippen molar-refractivity contribution >= 4 is 40.9 Å². The van der Waals surface area contributed by atoms with Crippen molar-refractivity contribution in [3.8, 4) is 0 Å². The highest BCUT2D eigenvalue weighted by atomic mass is 35.5. The Kier molecular flexibility index (Phi) is 6.63. The van der Waals surface area contributed by atoms with Gasteiger partial charge in [0, 0.05) is 22.5 Å². The van der Waals surface area contributed by atoms with Crippen molar-refractivity contribution in [1.82, 2.24) is 5.32 Å². The Bertz CT molecular complexity index is 952. The molecule has 2 aromatic carbocycles. The average Bonchev–Trinajstić information content (AvgIpc) is 2.74. The molecule has 0 aromatic heterocycles. The molecule has 1 saturated carbocycles. The fraction of sp³-hybridized carbons (Fsp3) is 0.440. The van der Waals surface area contributed by atoms with Crippen LogP contribution in [0.15, 0.2) is 42.5 Å². The molecule has 2 amide bonds. The number of benzene rings is 2. The Labute approximate surface area is 193 Å². The largest absolute Gasteiger partial charge is 0.351 e. The van der Waals surface area contributed by atoms with Crippen LogP contribution in [0, 0.1) is 13.8 Å². The first-order valence-electron chi connectivity index (χ1n) is 11.0. The molecule has 0 unspecified atom stereocenters. The van der Waals surface area contributed by atoms with Gasteiger partial charge < -0.3 is 5.32 Å². The van der Waals surface area contributed by atoms with E-state index in [-0.39, 0.29) is 17.9 Å². The lowest BCUT2D eigenvalue weighted by molar-refractivity contribution is -0.130. The molecule has 1 aliphatic carbocycles. The van der Waals surface area contributed by atoms with Crippen molar-refractivity contribution in [1.29, 1.82) is 0 Å². The number of thioether (sulfide) groups is 1. The first-order valence-corrected chi connectivity index (χ1v) is 12.5. The number of rotatable bonds is 4. The minimum atomic E-state index is -1.11. The van der Waals surface area contributed by atoms with Gasteiger partial charge in [-0.05, 0) is 67.6 Å². The molecule has 2 aliphatic rings. The van der Waals surface area contributed by atoms with E-state index in [0.29, 0.717) is 16.5 Å². The van der Waals surface area contributed by atoms with Gasteiger partial charge in [0.15, 0.2) is 5.54 Å². The number of carbonyl (C=O) groups excluding carboxylic acids is 2. The highest BCUT2D eigenvalue weighted by Gasteiger charge is 2.51. The van der Waals surface area contributed by atoms with Gasteiger partial charge in [0.1, 0.15) is 0 Å². The molecule has 1 atom stereocenters.